The maximum Gasteiger partial charge on any atom is 0.194 e. The molecule has 0 fully saturated rings. The fourth-order valence-electron chi connectivity index (χ4n) is 4.47. The van der Waals surface area contributed by atoms with Crippen LogP contribution in [0.1, 0.15) is 15.9 Å². The molecule has 0 aliphatic rings. The third kappa shape index (κ3) is 2.60. The summed E-state index contributed by atoms with van der Waals surface area (Å²) in [6.45, 7) is 0. The molecule has 30 heavy (non-hydrogen) atoms. The second kappa shape index (κ2) is 6.53. The number of carbonyl (C=O) groups is 1. The molecule has 6 rings (SSSR count). The van der Waals surface area contributed by atoms with E-state index in [4.69, 9.17) is 0 Å². The summed E-state index contributed by atoms with van der Waals surface area (Å²) in [6, 6.07) is 37.2. The van der Waals surface area contributed by atoms with Crippen LogP contribution in [0.3, 0.4) is 0 Å². The number of hydrogen-bond donors (Lipinski definition) is 0. The Labute approximate surface area is 174 Å². The van der Waals surface area contributed by atoms with Crippen molar-refractivity contribution in [2.75, 3.05) is 0 Å². The number of fused-ring (bicyclic) bond motifs is 4. The molecule has 0 aliphatic heterocycles. The molecule has 1 nitrogen and oxygen atoms in total. The SMILES string of the molecule is O=C(c1cccc2cc3ccccc3cc12)c1cccc2cc3ccccc3cc12. The standard InChI is InChI=1S/C29H18O/c30-29(25-13-5-11-23-15-19-7-1-3-9-21(19)17-27(23)25)26-14-6-12-24-16-20-8-2-4-10-22(20)18-28(24)26/h1-18H. The second-order valence-corrected chi connectivity index (χ2v) is 7.78. The zero-order valence-electron chi connectivity index (χ0n) is 16.3. The highest BCUT2D eigenvalue weighted by atomic mass is 16.1. The lowest BCUT2D eigenvalue weighted by atomic mass is 9.92. The van der Waals surface area contributed by atoms with Crippen LogP contribution in [0.2, 0.25) is 0 Å². The van der Waals surface area contributed by atoms with Crippen molar-refractivity contribution in [1.29, 1.82) is 0 Å². The number of rotatable bonds is 2. The van der Waals surface area contributed by atoms with Gasteiger partial charge < -0.3 is 0 Å². The van der Waals surface area contributed by atoms with E-state index < -0.39 is 0 Å². The molecule has 0 atom stereocenters. The maximum absolute atomic E-state index is 13.7. The van der Waals surface area contributed by atoms with Gasteiger partial charge in [0.25, 0.3) is 0 Å². The molecule has 0 N–H and O–H groups in total. The van der Waals surface area contributed by atoms with Crippen LogP contribution in [0.25, 0.3) is 43.1 Å². The highest BCUT2D eigenvalue weighted by Gasteiger charge is 2.16. The minimum Gasteiger partial charge on any atom is -0.289 e. The van der Waals surface area contributed by atoms with Crippen LogP contribution in [-0.4, -0.2) is 5.78 Å². The smallest absolute Gasteiger partial charge is 0.194 e. The molecule has 0 radical (unpaired) electrons. The Kier molecular flexibility index (Phi) is 3.69. The molecule has 0 heterocycles. The van der Waals surface area contributed by atoms with Crippen molar-refractivity contribution in [1.82, 2.24) is 0 Å². The van der Waals surface area contributed by atoms with Gasteiger partial charge in [-0.05, 0) is 67.4 Å². The van der Waals surface area contributed by atoms with Gasteiger partial charge >= 0.3 is 0 Å². The number of ketones is 1. The van der Waals surface area contributed by atoms with Gasteiger partial charge in [0, 0.05) is 11.1 Å². The van der Waals surface area contributed by atoms with Gasteiger partial charge in [-0.1, -0.05) is 84.9 Å². The molecular weight excluding hydrogens is 364 g/mol. The zero-order valence-corrected chi connectivity index (χ0v) is 16.3. The summed E-state index contributed by atoms with van der Waals surface area (Å²) < 4.78 is 0. The monoisotopic (exact) mass is 382 g/mol. The van der Waals surface area contributed by atoms with Gasteiger partial charge in [0.15, 0.2) is 5.78 Å². The molecule has 0 unspecified atom stereocenters. The fourth-order valence-corrected chi connectivity index (χ4v) is 4.47. The van der Waals surface area contributed by atoms with E-state index in [9.17, 15) is 4.79 Å². The Morgan fingerprint density at radius 1 is 0.400 bits per heavy atom. The molecule has 140 valence electrons. The summed E-state index contributed by atoms with van der Waals surface area (Å²) in [4.78, 5) is 13.7. The van der Waals surface area contributed by atoms with Crippen molar-refractivity contribution < 1.29 is 4.79 Å². The van der Waals surface area contributed by atoms with E-state index in [0.29, 0.717) is 0 Å². The van der Waals surface area contributed by atoms with Crippen LogP contribution in [-0.2, 0) is 0 Å². The van der Waals surface area contributed by atoms with E-state index in [-0.39, 0.29) is 5.78 Å². The third-order valence-electron chi connectivity index (χ3n) is 5.98. The first-order valence-electron chi connectivity index (χ1n) is 10.2. The van der Waals surface area contributed by atoms with E-state index in [1.165, 1.54) is 10.8 Å². The van der Waals surface area contributed by atoms with Crippen molar-refractivity contribution >= 4 is 48.9 Å². The van der Waals surface area contributed by atoms with E-state index in [0.717, 1.165) is 43.4 Å². The number of hydrogen-bond acceptors (Lipinski definition) is 1. The zero-order chi connectivity index (χ0) is 20.1. The number of carbonyl (C=O) groups excluding carboxylic acids is 1. The van der Waals surface area contributed by atoms with Gasteiger partial charge in [0.1, 0.15) is 0 Å². The average molecular weight is 382 g/mol. The molecule has 0 amide bonds. The van der Waals surface area contributed by atoms with Gasteiger partial charge in [-0.15, -0.1) is 0 Å². The van der Waals surface area contributed by atoms with Crippen molar-refractivity contribution in [2.45, 2.75) is 0 Å². The first-order chi connectivity index (χ1) is 14.8. The molecule has 0 spiro atoms. The quantitative estimate of drug-likeness (QED) is 0.223. The Morgan fingerprint density at radius 2 is 0.767 bits per heavy atom. The summed E-state index contributed by atoms with van der Waals surface area (Å²) >= 11 is 0. The first kappa shape index (κ1) is 16.9. The largest absolute Gasteiger partial charge is 0.289 e. The van der Waals surface area contributed by atoms with Crippen molar-refractivity contribution in [3.8, 4) is 0 Å². The highest BCUT2D eigenvalue weighted by molar-refractivity contribution is 6.23. The van der Waals surface area contributed by atoms with Crippen molar-refractivity contribution in [3.05, 3.63) is 120 Å². The fraction of sp³-hybridized carbons (Fsp3) is 0. The topological polar surface area (TPSA) is 17.1 Å². The van der Waals surface area contributed by atoms with Gasteiger partial charge in [0.05, 0.1) is 0 Å². The lowest BCUT2D eigenvalue weighted by Crippen LogP contribution is -2.03. The molecule has 0 aromatic heterocycles. The average Bonchev–Trinajstić information content (AvgIpc) is 2.80. The Hall–Kier alpha value is -3.97. The molecule has 6 aromatic rings. The lowest BCUT2D eigenvalue weighted by molar-refractivity contribution is 0.104. The van der Waals surface area contributed by atoms with E-state index in [1.807, 2.05) is 48.5 Å². The molecule has 0 saturated heterocycles. The Balaban J connectivity index is 1.61. The van der Waals surface area contributed by atoms with Crippen LogP contribution in [0.15, 0.2) is 109 Å². The summed E-state index contributed by atoms with van der Waals surface area (Å²) in [5.74, 6) is 0.0664. The van der Waals surface area contributed by atoms with Crippen LogP contribution >= 0.6 is 0 Å². The summed E-state index contributed by atoms with van der Waals surface area (Å²) in [6.07, 6.45) is 0. The molecular formula is C29H18O. The first-order valence-corrected chi connectivity index (χ1v) is 10.2. The molecule has 0 aliphatic carbocycles. The van der Waals surface area contributed by atoms with Crippen molar-refractivity contribution in [2.24, 2.45) is 0 Å². The van der Waals surface area contributed by atoms with E-state index in [2.05, 4.69) is 60.7 Å². The van der Waals surface area contributed by atoms with Gasteiger partial charge in [-0.25, -0.2) is 0 Å². The maximum atomic E-state index is 13.7. The predicted octanol–water partition coefficient (Wildman–Crippen LogP) is 7.53. The van der Waals surface area contributed by atoms with Gasteiger partial charge in [-0.3, -0.25) is 4.79 Å². The van der Waals surface area contributed by atoms with Gasteiger partial charge in [-0.2, -0.15) is 0 Å². The highest BCUT2D eigenvalue weighted by Crippen LogP contribution is 2.30. The molecule has 0 bridgehead atoms. The summed E-state index contributed by atoms with van der Waals surface area (Å²) in [5, 5.41) is 8.84. The molecule has 6 aromatic carbocycles. The third-order valence-corrected chi connectivity index (χ3v) is 5.98. The minimum absolute atomic E-state index is 0.0664. The Morgan fingerprint density at radius 3 is 1.20 bits per heavy atom. The summed E-state index contributed by atoms with van der Waals surface area (Å²) in [5.41, 5.74) is 1.50. The van der Waals surface area contributed by atoms with Crippen LogP contribution in [0.5, 0.6) is 0 Å². The van der Waals surface area contributed by atoms with E-state index in [1.54, 1.807) is 0 Å². The molecule has 0 saturated carbocycles. The normalized spacial score (nSPS) is 11.5. The minimum atomic E-state index is 0.0664. The second-order valence-electron chi connectivity index (χ2n) is 7.78. The van der Waals surface area contributed by atoms with Crippen LogP contribution in [0, 0.1) is 0 Å². The predicted molar refractivity (Wildman–Crippen MR) is 126 cm³/mol. The van der Waals surface area contributed by atoms with Crippen molar-refractivity contribution in [3.63, 3.8) is 0 Å². The number of benzene rings is 6. The van der Waals surface area contributed by atoms with E-state index >= 15 is 0 Å². The van der Waals surface area contributed by atoms with Crippen LogP contribution < -0.4 is 0 Å². The lowest BCUT2D eigenvalue weighted by Gasteiger charge is -2.11. The molecule has 1 heteroatoms. The van der Waals surface area contributed by atoms with Gasteiger partial charge in [0.2, 0.25) is 0 Å². The Bertz CT molecular complexity index is 1490. The summed E-state index contributed by atoms with van der Waals surface area (Å²) in [7, 11) is 0. The van der Waals surface area contributed by atoms with Crippen LogP contribution in [0.4, 0.5) is 0 Å².